The predicted molar refractivity (Wildman–Crippen MR) is 63.6 cm³/mol. The lowest BCUT2D eigenvalue weighted by atomic mass is 10.0. The van der Waals surface area contributed by atoms with Crippen LogP contribution >= 0.6 is 0 Å². The number of hydrogen-bond donors (Lipinski definition) is 1. The van der Waals surface area contributed by atoms with Crippen molar-refractivity contribution in [2.45, 2.75) is 65.2 Å². The lowest BCUT2D eigenvalue weighted by Crippen LogP contribution is -2.24. The summed E-state index contributed by atoms with van der Waals surface area (Å²) >= 11 is 0. The fourth-order valence-electron chi connectivity index (χ4n) is 2.25. The Balaban J connectivity index is 1.88. The average molecular weight is 197 g/mol. The average Bonchev–Trinajstić information content (AvgIpc) is 2.93. The van der Waals surface area contributed by atoms with Crippen molar-refractivity contribution in [1.82, 2.24) is 5.32 Å². The van der Waals surface area contributed by atoms with Crippen molar-refractivity contribution in [3.63, 3.8) is 0 Å². The largest absolute Gasteiger partial charge is 0.316 e. The van der Waals surface area contributed by atoms with Crippen LogP contribution in [0.1, 0.15) is 65.2 Å². The maximum absolute atomic E-state index is 3.63. The first kappa shape index (κ1) is 12.0. The van der Waals surface area contributed by atoms with Crippen LogP contribution in [0.4, 0.5) is 0 Å². The normalized spacial score (nSPS) is 18.4. The summed E-state index contributed by atoms with van der Waals surface area (Å²) in [6.45, 7) is 7.10. The Morgan fingerprint density at radius 3 is 2.36 bits per heavy atom. The number of hydrogen-bond acceptors (Lipinski definition) is 1. The highest BCUT2D eigenvalue weighted by Gasteiger charge is 2.40. The van der Waals surface area contributed by atoms with Crippen LogP contribution in [0.25, 0.3) is 0 Å². The first-order valence-corrected chi connectivity index (χ1v) is 6.54. The summed E-state index contributed by atoms with van der Waals surface area (Å²) in [6.07, 6.45) is 11.3. The molecule has 84 valence electrons. The minimum absolute atomic E-state index is 0.736. The first-order valence-electron chi connectivity index (χ1n) is 6.54. The van der Waals surface area contributed by atoms with Gasteiger partial charge in [-0.1, -0.05) is 39.5 Å². The quantitative estimate of drug-likeness (QED) is 0.555. The molecule has 0 atom stereocenters. The summed E-state index contributed by atoms with van der Waals surface area (Å²) in [5.74, 6) is 0. The van der Waals surface area contributed by atoms with Crippen LogP contribution in [0.15, 0.2) is 0 Å². The van der Waals surface area contributed by atoms with Crippen LogP contribution < -0.4 is 5.32 Å². The van der Waals surface area contributed by atoms with Gasteiger partial charge in [0.15, 0.2) is 0 Å². The molecule has 0 aromatic rings. The van der Waals surface area contributed by atoms with Crippen molar-refractivity contribution in [3.8, 4) is 0 Å². The van der Waals surface area contributed by atoms with E-state index in [2.05, 4.69) is 19.2 Å². The van der Waals surface area contributed by atoms with Gasteiger partial charge in [-0.05, 0) is 37.6 Å². The van der Waals surface area contributed by atoms with E-state index in [4.69, 9.17) is 0 Å². The molecule has 0 aromatic heterocycles. The fraction of sp³-hybridized carbons (Fsp3) is 1.00. The van der Waals surface area contributed by atoms with E-state index in [0.717, 1.165) is 5.41 Å². The van der Waals surface area contributed by atoms with Crippen LogP contribution in [0, 0.1) is 5.41 Å². The third-order valence-electron chi connectivity index (χ3n) is 3.44. The summed E-state index contributed by atoms with van der Waals surface area (Å²) in [5.41, 5.74) is 0.736. The number of nitrogens with one attached hydrogen (secondary N) is 1. The Hall–Kier alpha value is -0.0400. The van der Waals surface area contributed by atoms with Crippen molar-refractivity contribution in [2.24, 2.45) is 5.41 Å². The number of unbranched alkanes of at least 4 members (excludes halogenated alkanes) is 3. The third-order valence-corrected chi connectivity index (χ3v) is 3.44. The second-order valence-corrected chi connectivity index (χ2v) is 4.99. The van der Waals surface area contributed by atoms with E-state index in [-0.39, 0.29) is 0 Å². The maximum Gasteiger partial charge on any atom is 0.000781 e. The zero-order valence-corrected chi connectivity index (χ0v) is 10.1. The van der Waals surface area contributed by atoms with E-state index in [9.17, 15) is 0 Å². The Morgan fingerprint density at radius 2 is 1.79 bits per heavy atom. The van der Waals surface area contributed by atoms with Crippen LogP contribution in [0.5, 0.6) is 0 Å². The summed E-state index contributed by atoms with van der Waals surface area (Å²) in [7, 11) is 0. The summed E-state index contributed by atoms with van der Waals surface area (Å²) in [5, 5.41) is 3.63. The minimum atomic E-state index is 0.736. The zero-order valence-electron chi connectivity index (χ0n) is 10.1. The van der Waals surface area contributed by atoms with Gasteiger partial charge in [-0.15, -0.1) is 0 Å². The van der Waals surface area contributed by atoms with E-state index < -0.39 is 0 Å². The molecular formula is C13H27N. The molecule has 1 nitrogen and oxygen atoms in total. The van der Waals surface area contributed by atoms with Gasteiger partial charge in [0.2, 0.25) is 0 Å². The van der Waals surface area contributed by atoms with Gasteiger partial charge < -0.3 is 5.32 Å². The Bertz CT molecular complexity index is 138. The molecule has 0 saturated heterocycles. The van der Waals surface area contributed by atoms with Crippen LogP contribution in [-0.4, -0.2) is 13.1 Å². The molecule has 0 radical (unpaired) electrons. The Labute approximate surface area is 89.7 Å². The van der Waals surface area contributed by atoms with E-state index in [1.807, 2.05) is 0 Å². The first-order chi connectivity index (χ1) is 6.83. The fourth-order valence-corrected chi connectivity index (χ4v) is 2.25. The molecule has 1 aliphatic carbocycles. The SMILES string of the molecule is CCCCCCNCC1(CCC)CC1. The molecule has 1 rings (SSSR count). The molecule has 1 aliphatic rings. The smallest absolute Gasteiger partial charge is 0.000781 e. The van der Waals surface area contributed by atoms with E-state index in [1.165, 1.54) is 64.5 Å². The van der Waals surface area contributed by atoms with Crippen LogP contribution in [0.2, 0.25) is 0 Å². The van der Waals surface area contributed by atoms with Gasteiger partial charge in [-0.3, -0.25) is 0 Å². The van der Waals surface area contributed by atoms with E-state index in [0.29, 0.717) is 0 Å². The molecule has 0 unspecified atom stereocenters. The highest BCUT2D eigenvalue weighted by molar-refractivity contribution is 4.94. The zero-order chi connectivity index (χ0) is 10.3. The van der Waals surface area contributed by atoms with Gasteiger partial charge in [0.05, 0.1) is 0 Å². The van der Waals surface area contributed by atoms with Crippen molar-refractivity contribution in [1.29, 1.82) is 0 Å². The molecule has 0 aromatic carbocycles. The van der Waals surface area contributed by atoms with Gasteiger partial charge >= 0.3 is 0 Å². The highest BCUT2D eigenvalue weighted by atomic mass is 14.9. The molecule has 0 aliphatic heterocycles. The monoisotopic (exact) mass is 197 g/mol. The van der Waals surface area contributed by atoms with Crippen LogP contribution in [-0.2, 0) is 0 Å². The molecule has 1 fully saturated rings. The van der Waals surface area contributed by atoms with Gasteiger partial charge in [-0.25, -0.2) is 0 Å². The topological polar surface area (TPSA) is 12.0 Å². The Morgan fingerprint density at radius 1 is 1.00 bits per heavy atom. The minimum Gasteiger partial charge on any atom is -0.316 e. The summed E-state index contributed by atoms with van der Waals surface area (Å²) < 4.78 is 0. The van der Waals surface area contributed by atoms with E-state index >= 15 is 0 Å². The molecule has 1 N–H and O–H groups in total. The van der Waals surface area contributed by atoms with Crippen LogP contribution in [0.3, 0.4) is 0 Å². The maximum atomic E-state index is 3.63. The number of rotatable bonds is 9. The van der Waals surface area contributed by atoms with Gasteiger partial charge in [0, 0.05) is 6.54 Å². The van der Waals surface area contributed by atoms with Crippen molar-refractivity contribution in [2.75, 3.05) is 13.1 Å². The van der Waals surface area contributed by atoms with Gasteiger partial charge in [-0.2, -0.15) is 0 Å². The highest BCUT2D eigenvalue weighted by Crippen LogP contribution is 2.48. The van der Waals surface area contributed by atoms with Crippen molar-refractivity contribution < 1.29 is 0 Å². The molecular weight excluding hydrogens is 170 g/mol. The van der Waals surface area contributed by atoms with Crippen molar-refractivity contribution in [3.05, 3.63) is 0 Å². The summed E-state index contributed by atoms with van der Waals surface area (Å²) in [4.78, 5) is 0. The standard InChI is InChI=1S/C13H27N/c1-3-5-6-7-11-14-12-13(8-4-2)9-10-13/h14H,3-12H2,1-2H3. The second-order valence-electron chi connectivity index (χ2n) is 4.99. The van der Waals surface area contributed by atoms with Gasteiger partial charge in [0.25, 0.3) is 0 Å². The molecule has 0 heterocycles. The predicted octanol–water partition coefficient (Wildman–Crippen LogP) is 3.74. The molecule has 0 bridgehead atoms. The van der Waals surface area contributed by atoms with E-state index in [1.54, 1.807) is 0 Å². The molecule has 0 spiro atoms. The van der Waals surface area contributed by atoms with Gasteiger partial charge in [0.1, 0.15) is 0 Å². The second kappa shape index (κ2) is 6.44. The van der Waals surface area contributed by atoms with Crippen molar-refractivity contribution >= 4 is 0 Å². The third kappa shape index (κ3) is 4.45. The lowest BCUT2D eigenvalue weighted by Gasteiger charge is -2.14. The Kier molecular flexibility index (Phi) is 5.54. The molecule has 14 heavy (non-hydrogen) atoms. The lowest BCUT2D eigenvalue weighted by molar-refractivity contribution is 0.417. The molecule has 1 heteroatoms. The summed E-state index contributed by atoms with van der Waals surface area (Å²) in [6, 6.07) is 0. The molecule has 1 saturated carbocycles. The molecule has 0 amide bonds.